The molecule has 188 valence electrons. The average molecular weight is 513 g/mol. The number of hydrogen-bond donors (Lipinski definition) is 4. The molecule has 5 heterocycles. The van der Waals surface area contributed by atoms with Gasteiger partial charge in [0.05, 0.1) is 54.0 Å². The molecule has 0 unspecified atom stereocenters. The lowest BCUT2D eigenvalue weighted by Crippen LogP contribution is -2.14. The van der Waals surface area contributed by atoms with E-state index in [4.69, 9.17) is 4.98 Å². The summed E-state index contributed by atoms with van der Waals surface area (Å²) in [6.07, 6.45) is 12.1. The van der Waals surface area contributed by atoms with E-state index >= 15 is 0 Å². The van der Waals surface area contributed by atoms with Gasteiger partial charge in [0.25, 0.3) is 0 Å². The number of fused-ring (bicyclic) bond motifs is 1. The average Bonchev–Trinajstić information content (AvgIpc) is 3.75. The lowest BCUT2D eigenvalue weighted by Gasteiger charge is -2.07. The van der Waals surface area contributed by atoms with Gasteiger partial charge in [-0.2, -0.15) is 0 Å². The molecule has 2 aromatic carbocycles. The molecular formula is C28H29ClN8. The molecular weight excluding hydrogens is 484 g/mol. The van der Waals surface area contributed by atoms with Crippen molar-refractivity contribution in [2.75, 3.05) is 13.1 Å². The largest absolute Gasteiger partial charge is 0.341 e. The summed E-state index contributed by atoms with van der Waals surface area (Å²) in [4.78, 5) is 25.4. The van der Waals surface area contributed by atoms with Crippen LogP contribution in [0, 0.1) is 0 Å². The van der Waals surface area contributed by atoms with Gasteiger partial charge >= 0.3 is 0 Å². The Morgan fingerprint density at radius 1 is 0.595 bits per heavy atom. The number of aromatic amines is 2. The molecule has 5 aromatic rings. The summed E-state index contributed by atoms with van der Waals surface area (Å²) < 4.78 is 0. The highest BCUT2D eigenvalue weighted by Gasteiger charge is 2.20. The molecule has 9 heteroatoms. The molecule has 2 saturated heterocycles. The minimum atomic E-state index is 0. The summed E-state index contributed by atoms with van der Waals surface area (Å²) in [5, 5.41) is 9.32. The highest BCUT2D eigenvalue weighted by atomic mass is 35.5. The number of benzene rings is 2. The van der Waals surface area contributed by atoms with E-state index in [0.717, 1.165) is 71.5 Å². The Hall–Kier alpha value is -3.59. The number of hydrogen-bond acceptors (Lipinski definition) is 6. The zero-order valence-corrected chi connectivity index (χ0v) is 21.2. The van der Waals surface area contributed by atoms with Crippen LogP contribution in [-0.4, -0.2) is 43.0 Å². The Balaban J connectivity index is 0.00000252. The van der Waals surface area contributed by atoms with Crippen LogP contribution in [0.1, 0.15) is 49.4 Å². The normalized spacial score (nSPS) is 19.4. The summed E-state index contributed by atoms with van der Waals surface area (Å²) >= 11 is 0. The van der Waals surface area contributed by atoms with Crippen molar-refractivity contribution < 1.29 is 0 Å². The molecule has 37 heavy (non-hydrogen) atoms. The first-order chi connectivity index (χ1) is 17.8. The monoisotopic (exact) mass is 512 g/mol. The summed E-state index contributed by atoms with van der Waals surface area (Å²) in [6, 6.07) is 13.6. The number of aromatic nitrogens is 6. The fraction of sp³-hybridized carbons (Fsp3) is 0.286. The van der Waals surface area contributed by atoms with Gasteiger partial charge in [0.2, 0.25) is 0 Å². The number of H-pyrrole nitrogens is 2. The summed E-state index contributed by atoms with van der Waals surface area (Å²) in [7, 11) is 0. The SMILES string of the molecule is Cl.c1cc2cc(-c3cnc([C@@H]4CCCN4)[nH]3)ccc2cc1-c1cnc(-c2cnc([C@@H]3CCCN3)[nH]2)cn1. The number of imidazole rings is 2. The van der Waals surface area contributed by atoms with E-state index < -0.39 is 0 Å². The Morgan fingerprint density at radius 3 is 1.78 bits per heavy atom. The maximum Gasteiger partial charge on any atom is 0.123 e. The lowest BCUT2D eigenvalue weighted by atomic mass is 10.0. The molecule has 0 amide bonds. The Labute approximate surface area is 221 Å². The quantitative estimate of drug-likeness (QED) is 0.253. The molecule has 0 aliphatic carbocycles. The Bertz CT molecular complexity index is 1510. The Kier molecular flexibility index (Phi) is 6.46. The molecule has 0 spiro atoms. The van der Waals surface area contributed by atoms with Gasteiger partial charge < -0.3 is 20.6 Å². The number of nitrogens with zero attached hydrogens (tertiary/aromatic N) is 4. The molecule has 2 aliphatic rings. The van der Waals surface area contributed by atoms with Crippen LogP contribution in [0.15, 0.2) is 61.2 Å². The third-order valence-corrected chi connectivity index (χ3v) is 7.35. The number of rotatable bonds is 5. The van der Waals surface area contributed by atoms with Gasteiger partial charge in [-0.25, -0.2) is 9.97 Å². The standard InChI is InChI=1S/C28H28N8.ClH/c1-3-21(29-9-1)27-33-14-24(35-27)20-8-6-17-11-19(7-5-18(17)12-20)23-13-32-25(15-31-23)26-16-34-28(36-26)22-4-2-10-30-22;/h5-8,11-16,21-22,29-30H,1-4,9-10H2,(H,33,35)(H,34,36);1H/t21-,22-;/m0./s1. The molecule has 2 fully saturated rings. The van der Waals surface area contributed by atoms with Crippen LogP contribution >= 0.6 is 12.4 Å². The second-order valence-corrected chi connectivity index (χ2v) is 9.73. The smallest absolute Gasteiger partial charge is 0.123 e. The van der Waals surface area contributed by atoms with Crippen LogP contribution < -0.4 is 10.6 Å². The maximum absolute atomic E-state index is 4.70. The molecule has 3 aromatic heterocycles. The van der Waals surface area contributed by atoms with E-state index in [1.165, 1.54) is 23.6 Å². The minimum Gasteiger partial charge on any atom is -0.341 e. The predicted octanol–water partition coefficient (Wildman–Crippen LogP) is 5.35. The van der Waals surface area contributed by atoms with Crippen molar-refractivity contribution in [1.82, 2.24) is 40.5 Å². The van der Waals surface area contributed by atoms with Crippen LogP contribution in [0.5, 0.6) is 0 Å². The zero-order chi connectivity index (χ0) is 23.9. The van der Waals surface area contributed by atoms with Crippen molar-refractivity contribution in [3.63, 3.8) is 0 Å². The van der Waals surface area contributed by atoms with Crippen molar-refractivity contribution in [3.05, 3.63) is 72.8 Å². The first-order valence-corrected chi connectivity index (χ1v) is 12.7. The number of halogens is 1. The third-order valence-electron chi connectivity index (χ3n) is 7.35. The minimum absolute atomic E-state index is 0. The van der Waals surface area contributed by atoms with Crippen LogP contribution in [-0.2, 0) is 0 Å². The van der Waals surface area contributed by atoms with Gasteiger partial charge in [0, 0.05) is 11.1 Å². The number of nitrogens with one attached hydrogen (secondary N) is 4. The second kappa shape index (κ2) is 10.0. The van der Waals surface area contributed by atoms with Crippen LogP contribution in [0.2, 0.25) is 0 Å². The summed E-state index contributed by atoms with van der Waals surface area (Å²) in [6.45, 7) is 2.11. The predicted molar refractivity (Wildman–Crippen MR) is 147 cm³/mol. The van der Waals surface area contributed by atoms with Crippen molar-refractivity contribution in [3.8, 4) is 33.9 Å². The zero-order valence-electron chi connectivity index (χ0n) is 20.4. The Morgan fingerprint density at radius 2 is 1.16 bits per heavy atom. The highest BCUT2D eigenvalue weighted by molar-refractivity contribution is 5.90. The fourth-order valence-electron chi connectivity index (χ4n) is 5.33. The lowest BCUT2D eigenvalue weighted by molar-refractivity contribution is 0.613. The van der Waals surface area contributed by atoms with Gasteiger partial charge in [0.1, 0.15) is 17.3 Å². The highest BCUT2D eigenvalue weighted by Crippen LogP contribution is 2.29. The van der Waals surface area contributed by atoms with E-state index in [1.807, 2.05) is 24.8 Å². The van der Waals surface area contributed by atoms with Gasteiger partial charge in [-0.15, -0.1) is 12.4 Å². The third kappa shape index (κ3) is 4.64. The maximum atomic E-state index is 4.70. The molecule has 7 rings (SSSR count). The molecule has 4 N–H and O–H groups in total. The molecule has 2 aliphatic heterocycles. The van der Waals surface area contributed by atoms with E-state index in [1.54, 1.807) is 0 Å². The van der Waals surface area contributed by atoms with Crippen molar-refractivity contribution in [2.24, 2.45) is 0 Å². The molecule has 2 atom stereocenters. The fourth-order valence-corrected chi connectivity index (χ4v) is 5.33. The topological polar surface area (TPSA) is 107 Å². The molecule has 0 radical (unpaired) electrons. The van der Waals surface area contributed by atoms with Gasteiger partial charge in [-0.3, -0.25) is 9.97 Å². The van der Waals surface area contributed by atoms with E-state index in [-0.39, 0.29) is 12.4 Å². The van der Waals surface area contributed by atoms with Crippen molar-refractivity contribution in [2.45, 2.75) is 37.8 Å². The molecule has 0 saturated carbocycles. The van der Waals surface area contributed by atoms with E-state index in [0.29, 0.717) is 12.1 Å². The van der Waals surface area contributed by atoms with E-state index in [2.05, 4.69) is 72.0 Å². The second-order valence-electron chi connectivity index (χ2n) is 9.73. The first kappa shape index (κ1) is 23.8. The summed E-state index contributed by atoms with van der Waals surface area (Å²) in [5.74, 6) is 2.00. The van der Waals surface area contributed by atoms with E-state index in [9.17, 15) is 0 Å². The van der Waals surface area contributed by atoms with Crippen molar-refractivity contribution in [1.29, 1.82) is 0 Å². The first-order valence-electron chi connectivity index (χ1n) is 12.7. The van der Waals surface area contributed by atoms with Crippen LogP contribution in [0.3, 0.4) is 0 Å². The van der Waals surface area contributed by atoms with Gasteiger partial charge in [-0.05, 0) is 61.7 Å². The van der Waals surface area contributed by atoms with Crippen LogP contribution in [0.4, 0.5) is 0 Å². The van der Waals surface area contributed by atoms with Crippen molar-refractivity contribution >= 4 is 23.2 Å². The summed E-state index contributed by atoms with van der Waals surface area (Å²) in [5.41, 5.74) is 5.79. The van der Waals surface area contributed by atoms with Crippen LogP contribution in [0.25, 0.3) is 44.7 Å². The van der Waals surface area contributed by atoms with Gasteiger partial charge in [0.15, 0.2) is 0 Å². The van der Waals surface area contributed by atoms with Gasteiger partial charge in [-0.1, -0.05) is 24.3 Å². The molecule has 0 bridgehead atoms. The molecule has 8 nitrogen and oxygen atoms in total.